The zero-order valence-corrected chi connectivity index (χ0v) is 11.5. The van der Waals surface area contributed by atoms with E-state index in [9.17, 15) is 10.2 Å². The van der Waals surface area contributed by atoms with Gasteiger partial charge in [-0.2, -0.15) is 0 Å². The number of ether oxygens (including phenoxy) is 3. The van der Waals surface area contributed by atoms with Crippen LogP contribution in [0.15, 0.2) is 23.5 Å². The lowest BCUT2D eigenvalue weighted by Gasteiger charge is -2.37. The third-order valence-electron chi connectivity index (χ3n) is 4.41. The normalized spacial score (nSPS) is 36.9. The average molecular weight is 282 g/mol. The van der Waals surface area contributed by atoms with Crippen molar-refractivity contribution in [1.82, 2.24) is 0 Å². The summed E-state index contributed by atoms with van der Waals surface area (Å²) in [7, 11) is 0. The molecule has 2 N–H and O–H groups in total. The van der Waals surface area contributed by atoms with Crippen LogP contribution in [0, 0.1) is 11.8 Å². The molecule has 0 saturated carbocycles. The van der Waals surface area contributed by atoms with Gasteiger partial charge in [0.1, 0.15) is 0 Å². The van der Waals surface area contributed by atoms with E-state index in [0.29, 0.717) is 0 Å². The number of allylic oxidation sites excluding steroid dienone is 1. The van der Waals surface area contributed by atoms with Crippen molar-refractivity contribution in [1.29, 1.82) is 0 Å². The van der Waals surface area contributed by atoms with E-state index in [4.69, 9.17) is 14.2 Å². The molecule has 0 aromatic carbocycles. The number of hydrogen-bond donors (Lipinski definition) is 2. The van der Waals surface area contributed by atoms with Crippen molar-refractivity contribution >= 4 is 0 Å². The van der Waals surface area contributed by atoms with Gasteiger partial charge in [0, 0.05) is 12.5 Å². The van der Waals surface area contributed by atoms with Gasteiger partial charge in [0.2, 0.25) is 6.29 Å². The average Bonchev–Trinajstić information content (AvgIpc) is 2.93. The summed E-state index contributed by atoms with van der Waals surface area (Å²) < 4.78 is 17.2. The maximum absolute atomic E-state index is 9.49. The molecule has 4 atom stereocenters. The van der Waals surface area contributed by atoms with Crippen molar-refractivity contribution in [3.63, 3.8) is 0 Å². The molecule has 1 fully saturated rings. The summed E-state index contributed by atoms with van der Waals surface area (Å²) in [6.45, 7) is 0.723. The van der Waals surface area contributed by atoms with Gasteiger partial charge in [-0.15, -0.1) is 0 Å². The van der Waals surface area contributed by atoms with Crippen LogP contribution in [0.25, 0.3) is 0 Å². The molecule has 1 unspecified atom stereocenters. The molecule has 2 heterocycles. The van der Waals surface area contributed by atoms with Crippen LogP contribution in [0.3, 0.4) is 0 Å². The first kappa shape index (κ1) is 14.1. The van der Waals surface area contributed by atoms with Crippen LogP contribution in [0.2, 0.25) is 0 Å². The molecule has 0 aromatic rings. The largest absolute Gasteiger partial charge is 0.472 e. The summed E-state index contributed by atoms with van der Waals surface area (Å²) in [6, 6.07) is 0. The maximum Gasteiger partial charge on any atom is 0.208 e. The predicted molar refractivity (Wildman–Crippen MR) is 71.5 cm³/mol. The van der Waals surface area contributed by atoms with Crippen molar-refractivity contribution in [3.05, 3.63) is 23.5 Å². The highest BCUT2D eigenvalue weighted by molar-refractivity contribution is 5.26. The molecule has 1 saturated heterocycles. The Hall–Kier alpha value is -0.880. The molecule has 5 nitrogen and oxygen atoms in total. The van der Waals surface area contributed by atoms with E-state index in [-0.39, 0.29) is 31.3 Å². The molecule has 20 heavy (non-hydrogen) atoms. The van der Waals surface area contributed by atoms with Gasteiger partial charge in [0.15, 0.2) is 6.29 Å². The highest BCUT2D eigenvalue weighted by atomic mass is 16.8. The molecule has 3 aliphatic rings. The summed E-state index contributed by atoms with van der Waals surface area (Å²) in [5.74, 6) is 0.155. The second-order valence-corrected chi connectivity index (χ2v) is 5.59. The monoisotopic (exact) mass is 282 g/mol. The fourth-order valence-corrected chi connectivity index (χ4v) is 3.30. The third kappa shape index (κ3) is 2.63. The summed E-state index contributed by atoms with van der Waals surface area (Å²) in [4.78, 5) is 0. The Morgan fingerprint density at radius 2 is 2.05 bits per heavy atom. The van der Waals surface area contributed by atoms with Crippen molar-refractivity contribution in [3.8, 4) is 0 Å². The van der Waals surface area contributed by atoms with Crippen LogP contribution in [0.1, 0.15) is 25.7 Å². The Bertz CT molecular complexity index is 397. The van der Waals surface area contributed by atoms with Crippen LogP contribution in [-0.4, -0.2) is 42.6 Å². The SMILES string of the molecule is OCC1=CC[C@@H]2C(CO)=CO[C@@H](OC3CCCCO3)[C@H]12. The van der Waals surface area contributed by atoms with Gasteiger partial charge in [-0.3, -0.25) is 0 Å². The predicted octanol–water partition coefficient (Wildman–Crippen LogP) is 1.32. The third-order valence-corrected chi connectivity index (χ3v) is 4.41. The fraction of sp³-hybridized carbons (Fsp3) is 0.733. The summed E-state index contributed by atoms with van der Waals surface area (Å²) in [6.07, 6.45) is 6.88. The van der Waals surface area contributed by atoms with Crippen LogP contribution in [0.4, 0.5) is 0 Å². The maximum atomic E-state index is 9.49. The molecule has 5 heteroatoms. The Morgan fingerprint density at radius 3 is 2.75 bits per heavy atom. The molecule has 112 valence electrons. The van der Waals surface area contributed by atoms with Crippen molar-refractivity contribution in [2.45, 2.75) is 38.3 Å². The molecule has 0 radical (unpaired) electrons. The molecular weight excluding hydrogens is 260 g/mol. The lowest BCUT2D eigenvalue weighted by Crippen LogP contribution is -2.40. The summed E-state index contributed by atoms with van der Waals surface area (Å²) in [5.41, 5.74) is 1.81. The lowest BCUT2D eigenvalue weighted by molar-refractivity contribution is -0.260. The minimum absolute atomic E-state index is 0.00855. The topological polar surface area (TPSA) is 68.2 Å². The van der Waals surface area contributed by atoms with E-state index in [1.165, 1.54) is 0 Å². The number of fused-ring (bicyclic) bond motifs is 1. The smallest absolute Gasteiger partial charge is 0.208 e. The molecule has 0 amide bonds. The first-order valence-corrected chi connectivity index (χ1v) is 7.35. The van der Waals surface area contributed by atoms with Gasteiger partial charge < -0.3 is 24.4 Å². The molecular formula is C15H22O5. The van der Waals surface area contributed by atoms with Crippen LogP contribution in [-0.2, 0) is 14.2 Å². The second-order valence-electron chi connectivity index (χ2n) is 5.59. The number of aliphatic hydroxyl groups is 2. The number of rotatable bonds is 4. The van der Waals surface area contributed by atoms with Gasteiger partial charge >= 0.3 is 0 Å². The van der Waals surface area contributed by atoms with Crippen molar-refractivity contribution in [2.24, 2.45) is 11.8 Å². The Labute approximate surface area is 118 Å². The molecule has 0 aromatic heterocycles. The van der Waals surface area contributed by atoms with E-state index in [1.54, 1.807) is 6.26 Å². The zero-order valence-electron chi connectivity index (χ0n) is 11.5. The molecule has 1 aliphatic carbocycles. The molecule has 2 aliphatic heterocycles. The number of hydrogen-bond acceptors (Lipinski definition) is 5. The standard InChI is InChI=1S/C15H22O5/c16-7-10-4-5-12-11(8-17)9-19-15(14(10)12)20-13-3-1-2-6-18-13/h4,9,12-17H,1-3,5-8H2/t12-,13?,14-,15+/m1/s1. The number of aliphatic hydroxyl groups excluding tert-OH is 2. The van der Waals surface area contributed by atoms with Crippen LogP contribution >= 0.6 is 0 Å². The minimum Gasteiger partial charge on any atom is -0.472 e. The van der Waals surface area contributed by atoms with E-state index in [0.717, 1.165) is 43.4 Å². The van der Waals surface area contributed by atoms with Crippen molar-refractivity contribution in [2.75, 3.05) is 19.8 Å². The summed E-state index contributed by atoms with van der Waals surface area (Å²) in [5, 5.41) is 18.9. The first-order chi connectivity index (χ1) is 9.83. The van der Waals surface area contributed by atoms with Gasteiger partial charge in [-0.25, -0.2) is 0 Å². The first-order valence-electron chi connectivity index (χ1n) is 7.35. The van der Waals surface area contributed by atoms with E-state index >= 15 is 0 Å². The lowest BCUT2D eigenvalue weighted by atomic mass is 9.84. The highest BCUT2D eigenvalue weighted by Gasteiger charge is 2.43. The fourth-order valence-electron chi connectivity index (χ4n) is 3.30. The van der Waals surface area contributed by atoms with E-state index in [1.807, 2.05) is 6.08 Å². The molecule has 0 spiro atoms. The second kappa shape index (κ2) is 6.26. The molecule has 0 bridgehead atoms. The Kier molecular flexibility index (Phi) is 4.41. The Morgan fingerprint density at radius 1 is 1.20 bits per heavy atom. The van der Waals surface area contributed by atoms with Gasteiger partial charge in [-0.05, 0) is 36.8 Å². The van der Waals surface area contributed by atoms with Gasteiger partial charge in [-0.1, -0.05) is 6.08 Å². The van der Waals surface area contributed by atoms with Crippen LogP contribution in [0.5, 0.6) is 0 Å². The van der Waals surface area contributed by atoms with E-state index in [2.05, 4.69) is 0 Å². The zero-order chi connectivity index (χ0) is 13.9. The minimum atomic E-state index is -0.431. The van der Waals surface area contributed by atoms with Crippen molar-refractivity contribution < 1.29 is 24.4 Å². The molecule has 3 rings (SSSR count). The Balaban J connectivity index is 1.72. The highest BCUT2D eigenvalue weighted by Crippen LogP contribution is 2.43. The van der Waals surface area contributed by atoms with Gasteiger partial charge in [0.25, 0.3) is 0 Å². The van der Waals surface area contributed by atoms with E-state index < -0.39 is 6.29 Å². The quantitative estimate of drug-likeness (QED) is 0.761. The van der Waals surface area contributed by atoms with Crippen LogP contribution < -0.4 is 0 Å². The van der Waals surface area contributed by atoms with Gasteiger partial charge in [0.05, 0.1) is 25.4 Å². The summed E-state index contributed by atoms with van der Waals surface area (Å²) >= 11 is 0.